The van der Waals surface area contributed by atoms with Gasteiger partial charge in [-0.1, -0.05) is 289 Å². The Morgan fingerprint density at radius 2 is 0.470 bits per heavy atom. The van der Waals surface area contributed by atoms with Crippen LogP contribution in [0.3, 0.4) is 0 Å². The van der Waals surface area contributed by atoms with E-state index in [1.54, 1.807) is 0 Å². The molecule has 0 N–H and O–H groups in total. The molecule has 1 unspecified atom stereocenters. The Balaban J connectivity index is 4.39. The third-order valence-electron chi connectivity index (χ3n) is 14.3. The number of ether oxygens (including phenoxy) is 3. The molecule has 0 aromatic heterocycles. The molecule has 0 rings (SSSR count). The van der Waals surface area contributed by atoms with Crippen molar-refractivity contribution in [3.8, 4) is 0 Å². The van der Waals surface area contributed by atoms with Gasteiger partial charge < -0.3 is 14.2 Å². The molecule has 0 aromatic rings. The SMILES string of the molecule is CC/C=C\C/C=C\C/C=C\C/C=C\C/C=C\CCCCCC(=O)OC(COC(=O)CCCCCC/C=C\C/C=C\C/C=C\C/C=C\CC)COC(=O)CCCCCCCCCCCCCCCC/C=C\C/C=C\C/C=C\CCCCCCC. The highest BCUT2D eigenvalue weighted by molar-refractivity contribution is 5.71. The molecule has 6 nitrogen and oxygen atoms in total. The van der Waals surface area contributed by atoms with Crippen LogP contribution in [0.1, 0.15) is 303 Å². The molecule has 0 bridgehead atoms. The lowest BCUT2D eigenvalue weighted by Crippen LogP contribution is -2.30. The van der Waals surface area contributed by atoms with Crippen LogP contribution in [0.2, 0.25) is 0 Å². The normalized spacial score (nSPS) is 13.0. The first kappa shape index (κ1) is 78.3. The minimum absolute atomic E-state index is 0.104. The second-order valence-corrected chi connectivity index (χ2v) is 22.3. The summed E-state index contributed by atoms with van der Waals surface area (Å²) in [7, 11) is 0. The van der Waals surface area contributed by atoms with E-state index in [9.17, 15) is 14.4 Å². The van der Waals surface area contributed by atoms with Crippen molar-refractivity contribution < 1.29 is 28.6 Å². The van der Waals surface area contributed by atoms with Gasteiger partial charge >= 0.3 is 17.9 Å². The van der Waals surface area contributed by atoms with Crippen LogP contribution >= 0.6 is 0 Å². The lowest BCUT2D eigenvalue weighted by molar-refractivity contribution is -0.167. The molecule has 0 amide bonds. The summed E-state index contributed by atoms with van der Waals surface area (Å²) < 4.78 is 16.9. The van der Waals surface area contributed by atoms with Gasteiger partial charge in [0.05, 0.1) is 0 Å². The van der Waals surface area contributed by atoms with Crippen LogP contribution in [0.15, 0.2) is 146 Å². The quantitative estimate of drug-likeness (QED) is 0.0261. The molecular weight excluding hydrogens is 1020 g/mol. The second kappa shape index (κ2) is 69.8. The van der Waals surface area contributed by atoms with Gasteiger partial charge in [0, 0.05) is 19.3 Å². The highest BCUT2D eigenvalue weighted by Crippen LogP contribution is 2.16. The highest BCUT2D eigenvalue weighted by Gasteiger charge is 2.19. The van der Waals surface area contributed by atoms with Gasteiger partial charge in [0.15, 0.2) is 6.10 Å². The van der Waals surface area contributed by atoms with Crippen LogP contribution in [0.5, 0.6) is 0 Å². The zero-order chi connectivity index (χ0) is 59.9. The van der Waals surface area contributed by atoms with Crippen molar-refractivity contribution in [2.24, 2.45) is 0 Å². The first-order valence-electron chi connectivity index (χ1n) is 34.3. The van der Waals surface area contributed by atoms with E-state index in [0.29, 0.717) is 19.3 Å². The van der Waals surface area contributed by atoms with Gasteiger partial charge in [-0.2, -0.15) is 0 Å². The number of hydrogen-bond acceptors (Lipinski definition) is 6. The van der Waals surface area contributed by atoms with Crippen LogP contribution in [-0.2, 0) is 28.6 Å². The summed E-state index contributed by atoms with van der Waals surface area (Å²) in [6.07, 6.45) is 100. The van der Waals surface area contributed by atoms with Crippen molar-refractivity contribution in [2.45, 2.75) is 309 Å². The summed E-state index contributed by atoms with van der Waals surface area (Å²) in [5.41, 5.74) is 0. The Labute approximate surface area is 512 Å². The Kier molecular flexibility index (Phi) is 65.8. The Hall–Kier alpha value is -4.71. The van der Waals surface area contributed by atoms with Crippen molar-refractivity contribution in [2.75, 3.05) is 13.2 Å². The minimum atomic E-state index is -0.814. The smallest absolute Gasteiger partial charge is 0.306 e. The summed E-state index contributed by atoms with van der Waals surface area (Å²) in [6.45, 7) is 6.37. The van der Waals surface area contributed by atoms with E-state index < -0.39 is 6.10 Å². The molecule has 470 valence electrons. The van der Waals surface area contributed by atoms with Gasteiger partial charge in [-0.3, -0.25) is 14.4 Å². The Morgan fingerprint density at radius 1 is 0.253 bits per heavy atom. The average Bonchev–Trinajstić information content (AvgIpc) is 3.49. The van der Waals surface area contributed by atoms with Crippen molar-refractivity contribution >= 4 is 17.9 Å². The number of hydrogen-bond donors (Lipinski definition) is 0. The molecule has 0 aliphatic carbocycles. The molecule has 0 fully saturated rings. The van der Waals surface area contributed by atoms with E-state index in [4.69, 9.17) is 14.2 Å². The summed E-state index contributed by atoms with van der Waals surface area (Å²) in [4.78, 5) is 38.4. The number of carbonyl (C=O) groups excluding carboxylic acids is 3. The molecule has 0 radical (unpaired) electrons. The third kappa shape index (κ3) is 68.0. The van der Waals surface area contributed by atoms with Crippen molar-refractivity contribution in [1.82, 2.24) is 0 Å². The second-order valence-electron chi connectivity index (χ2n) is 22.3. The maximum atomic E-state index is 12.9. The first-order chi connectivity index (χ1) is 41.0. The highest BCUT2D eigenvalue weighted by atomic mass is 16.6. The van der Waals surface area contributed by atoms with Gasteiger partial charge in [-0.25, -0.2) is 0 Å². The van der Waals surface area contributed by atoms with Gasteiger partial charge in [0.25, 0.3) is 0 Å². The van der Waals surface area contributed by atoms with E-state index >= 15 is 0 Å². The molecule has 1 atom stereocenters. The fourth-order valence-electron chi connectivity index (χ4n) is 9.23. The van der Waals surface area contributed by atoms with Crippen LogP contribution in [0, 0.1) is 0 Å². The van der Waals surface area contributed by atoms with E-state index in [-0.39, 0.29) is 37.5 Å². The van der Waals surface area contributed by atoms with E-state index in [1.807, 2.05) is 0 Å². The molecule has 0 aliphatic heterocycles. The predicted octanol–water partition coefficient (Wildman–Crippen LogP) is 23.9. The van der Waals surface area contributed by atoms with Crippen molar-refractivity contribution in [1.29, 1.82) is 0 Å². The number of allylic oxidation sites excluding steroid dienone is 24. The van der Waals surface area contributed by atoms with E-state index in [2.05, 4.69) is 167 Å². The van der Waals surface area contributed by atoms with Crippen LogP contribution in [0.4, 0.5) is 0 Å². The molecule has 0 aromatic carbocycles. The molecule has 0 spiro atoms. The third-order valence-corrected chi connectivity index (χ3v) is 14.3. The standard InChI is InChI=1S/C77H126O6/c1-4-7-10-13-16-19-22-25-28-31-33-34-35-36-37-38-39-40-41-42-44-46-49-52-55-58-61-64-67-70-76(79)82-73-74(72-81-75(78)69-66-63-60-57-54-51-48-45-30-27-24-21-18-15-12-9-6-3)83-77(80)71-68-65-62-59-56-53-50-47-43-32-29-26-23-20-17-14-11-8-5-2/h8-9,11-12,17-18,20-22,25-27,29-31,33,35-36,43,47-48,51,53,56,74H,4-7,10,13-16,19,23-24,28,32,34,37-42,44-46,49-50,52,54-55,57-73H2,1-3H3/b11-8-,12-9-,20-17-,21-18-,25-22-,29-26-,30-27-,33-31-,36-35-,47-43-,51-48-,56-53-. The lowest BCUT2D eigenvalue weighted by atomic mass is 10.0. The largest absolute Gasteiger partial charge is 0.462 e. The number of rotatable bonds is 61. The summed E-state index contributed by atoms with van der Waals surface area (Å²) in [6, 6.07) is 0. The molecule has 0 saturated heterocycles. The van der Waals surface area contributed by atoms with E-state index in [1.165, 1.54) is 116 Å². The first-order valence-corrected chi connectivity index (χ1v) is 34.3. The number of carbonyl (C=O) groups is 3. The number of esters is 3. The molecule has 0 aliphatic rings. The maximum Gasteiger partial charge on any atom is 0.306 e. The molecule has 6 heteroatoms. The monoisotopic (exact) mass is 1150 g/mol. The number of unbranched alkanes of at least 4 members (excludes halogenated alkanes) is 26. The average molecular weight is 1150 g/mol. The van der Waals surface area contributed by atoms with E-state index in [0.717, 1.165) is 141 Å². The lowest BCUT2D eigenvalue weighted by Gasteiger charge is -2.18. The Morgan fingerprint density at radius 3 is 0.747 bits per heavy atom. The molecule has 0 heterocycles. The van der Waals surface area contributed by atoms with Crippen LogP contribution < -0.4 is 0 Å². The van der Waals surface area contributed by atoms with Gasteiger partial charge in [0.1, 0.15) is 13.2 Å². The zero-order valence-corrected chi connectivity index (χ0v) is 53.9. The molecular formula is C77H126O6. The summed E-state index contributed by atoms with van der Waals surface area (Å²) in [5, 5.41) is 0. The summed E-state index contributed by atoms with van der Waals surface area (Å²) >= 11 is 0. The fourth-order valence-corrected chi connectivity index (χ4v) is 9.23. The van der Waals surface area contributed by atoms with Gasteiger partial charge in [-0.05, 0) is 141 Å². The van der Waals surface area contributed by atoms with Crippen LogP contribution in [-0.4, -0.2) is 37.2 Å². The topological polar surface area (TPSA) is 78.9 Å². The summed E-state index contributed by atoms with van der Waals surface area (Å²) in [5.74, 6) is -0.959. The Bertz CT molecular complexity index is 1800. The minimum Gasteiger partial charge on any atom is -0.462 e. The predicted molar refractivity (Wildman–Crippen MR) is 362 cm³/mol. The maximum absolute atomic E-state index is 12.9. The zero-order valence-electron chi connectivity index (χ0n) is 53.9. The van der Waals surface area contributed by atoms with Crippen molar-refractivity contribution in [3.63, 3.8) is 0 Å². The van der Waals surface area contributed by atoms with Crippen LogP contribution in [0.25, 0.3) is 0 Å². The van der Waals surface area contributed by atoms with Crippen molar-refractivity contribution in [3.05, 3.63) is 146 Å². The molecule has 83 heavy (non-hydrogen) atoms. The van der Waals surface area contributed by atoms with Gasteiger partial charge in [0.2, 0.25) is 0 Å². The van der Waals surface area contributed by atoms with Gasteiger partial charge in [-0.15, -0.1) is 0 Å². The molecule has 0 saturated carbocycles. The fraction of sp³-hybridized carbons (Fsp3) is 0.649.